The highest BCUT2D eigenvalue weighted by atomic mass is 35.5. The number of nitrogens with one attached hydrogen (secondary N) is 1. The largest absolute Gasteiger partial charge is 0.443 e. The number of esters is 1. The van der Waals surface area contributed by atoms with Crippen LogP contribution in [0.1, 0.15) is 73.6 Å². The van der Waals surface area contributed by atoms with Crippen LogP contribution in [0.5, 0.6) is 0 Å². The Morgan fingerprint density at radius 3 is 2.14 bits per heavy atom. The number of sulfonamides is 1. The molecule has 3 heterocycles. The van der Waals surface area contributed by atoms with Crippen molar-refractivity contribution in [3.63, 3.8) is 0 Å². The number of pyridine rings is 1. The van der Waals surface area contributed by atoms with Gasteiger partial charge in [0.25, 0.3) is 0 Å². The third-order valence-corrected chi connectivity index (χ3v) is 15.4. The van der Waals surface area contributed by atoms with Crippen molar-refractivity contribution in [1.29, 1.82) is 0 Å². The van der Waals surface area contributed by atoms with Crippen molar-refractivity contribution in [3.05, 3.63) is 93.0 Å². The van der Waals surface area contributed by atoms with Gasteiger partial charge in [-0.2, -0.15) is 45.3 Å². The van der Waals surface area contributed by atoms with Crippen LogP contribution in [0, 0.1) is 46.6 Å². The summed E-state index contributed by atoms with van der Waals surface area (Å²) in [7, 11) is -8.58. The average Bonchev–Trinajstić information content (AvgIpc) is 3.84. The average molecular weight is 1110 g/mol. The van der Waals surface area contributed by atoms with E-state index >= 15 is 8.78 Å². The summed E-state index contributed by atoms with van der Waals surface area (Å²) in [5.41, 5.74) is -7.86. The van der Waals surface area contributed by atoms with Crippen molar-refractivity contribution in [2.24, 2.45) is 11.3 Å². The molecule has 0 unspecified atom stereocenters. The summed E-state index contributed by atoms with van der Waals surface area (Å²) in [6.45, 7) is -0.354. The molecule has 2 aliphatic rings. The summed E-state index contributed by atoms with van der Waals surface area (Å²) in [6, 6.07) is 4.74. The third-order valence-electron chi connectivity index (χ3n) is 12.0. The first kappa shape index (κ1) is 55.3. The van der Waals surface area contributed by atoms with Crippen molar-refractivity contribution >= 4 is 60.1 Å². The number of benzene rings is 2. The van der Waals surface area contributed by atoms with E-state index in [0.29, 0.717) is 21.3 Å². The van der Waals surface area contributed by atoms with E-state index in [1.165, 1.54) is 27.7 Å². The van der Waals surface area contributed by atoms with Gasteiger partial charge in [0.2, 0.25) is 15.9 Å². The number of hydrogen-bond acceptors (Lipinski definition) is 11. The van der Waals surface area contributed by atoms with Crippen LogP contribution in [-0.4, -0.2) is 95.1 Å². The Kier molecular flexibility index (Phi) is 14.2. The summed E-state index contributed by atoms with van der Waals surface area (Å²) in [5, 5.41) is 18.5. The Morgan fingerprint density at radius 1 is 0.946 bits per heavy atom. The number of rotatable bonds is 15. The molecule has 2 N–H and O–H groups in total. The maximum absolute atomic E-state index is 15.8. The van der Waals surface area contributed by atoms with Crippen LogP contribution in [0.25, 0.3) is 22.0 Å². The highest BCUT2D eigenvalue weighted by Crippen LogP contribution is 2.58. The number of aliphatic hydroxyl groups is 1. The summed E-state index contributed by atoms with van der Waals surface area (Å²) < 4.78 is 204. The van der Waals surface area contributed by atoms with E-state index in [2.05, 4.69) is 44.2 Å². The number of aliphatic hydroxyl groups excluding tert-OH is 1. The number of aromatic nitrogens is 5. The van der Waals surface area contributed by atoms with Gasteiger partial charge in [0.1, 0.15) is 46.8 Å². The van der Waals surface area contributed by atoms with Gasteiger partial charge in [0.15, 0.2) is 28.1 Å². The number of nitrogens with zero attached hydrogens (tertiary/aromatic N) is 6. The van der Waals surface area contributed by atoms with Crippen LogP contribution in [0.15, 0.2) is 42.5 Å². The normalized spacial score (nSPS) is 16.8. The minimum atomic E-state index is -5.30. The first-order valence-electron chi connectivity index (χ1n) is 21.5. The van der Waals surface area contributed by atoms with Crippen LogP contribution in [-0.2, 0) is 65.8 Å². The molecule has 3 atom stereocenters. The third kappa shape index (κ3) is 10.9. The van der Waals surface area contributed by atoms with Gasteiger partial charge < -0.3 is 15.2 Å². The van der Waals surface area contributed by atoms with Crippen molar-refractivity contribution in [2.45, 2.75) is 82.2 Å². The molecule has 3 aromatic heterocycles. The van der Waals surface area contributed by atoms with Crippen LogP contribution in [0.4, 0.5) is 49.7 Å². The molecule has 28 heteroatoms. The SMILES string of the molecule is CC(C)(CO)C(=O)OCN(c1nn(CC(F)(F)F)c2c(-c3ccc(C#CC(C)(C)S(C)(=O)=O)nc3[C@H](Cc3cc(F)cc(F)c3)NC(=O)Cn3nc(C(F)(F)F)c4c3C(F)(F)[C@@H]3C#C[C@H]43)ccc(Cl)c12)S(C)(=O)=O. The first-order valence-corrected chi connectivity index (χ1v) is 25.6. The smallest absolute Gasteiger partial charge is 0.435 e. The molecule has 5 aromatic rings. The van der Waals surface area contributed by atoms with E-state index in [-0.39, 0.29) is 27.1 Å². The molecule has 0 spiro atoms. The van der Waals surface area contributed by atoms with Crippen molar-refractivity contribution < 1.29 is 80.2 Å². The lowest BCUT2D eigenvalue weighted by atomic mass is 9.84. The van der Waals surface area contributed by atoms with E-state index < -0.39 is 167 Å². The molecule has 74 heavy (non-hydrogen) atoms. The van der Waals surface area contributed by atoms with E-state index in [1.807, 2.05) is 0 Å². The lowest BCUT2D eigenvalue weighted by Gasteiger charge is -2.25. The van der Waals surface area contributed by atoms with Gasteiger partial charge in [-0.05, 0) is 75.9 Å². The Morgan fingerprint density at radius 2 is 1.58 bits per heavy atom. The van der Waals surface area contributed by atoms with Crippen LogP contribution >= 0.6 is 11.6 Å². The highest BCUT2D eigenvalue weighted by molar-refractivity contribution is 7.92. The molecule has 0 fully saturated rings. The van der Waals surface area contributed by atoms with Crippen LogP contribution in [0.2, 0.25) is 5.02 Å². The molecule has 7 rings (SSSR count). The molecule has 2 aliphatic carbocycles. The number of alkyl halides is 8. The summed E-state index contributed by atoms with van der Waals surface area (Å²) in [4.78, 5) is 31.6. The standard InChI is InChI=1S/C46H40ClF10N7O8S2/c1-42(2,21-65)41(67)72-22-64(74(6,70)71)40-35-31(47)12-10-28(37(35)63(61-40)20-44(50,51)52)27-8-7-26(13-14-43(3,4)73(5,68)69)58-36(27)32(17-23-15-24(48)18-25(49)16-23)59-33(66)19-62-39-34(38(60-62)46(55,56)57)29-9-11-30(29)45(39,53)54/h7-8,10,12,15-16,18,29-30,32,65H,17,19-22H2,1-6H3,(H,59,66)/t29-,30+,32-/m0/s1. The van der Waals surface area contributed by atoms with Crippen molar-refractivity contribution in [3.8, 4) is 34.8 Å². The van der Waals surface area contributed by atoms with Gasteiger partial charge in [-0.25, -0.2) is 34.9 Å². The maximum atomic E-state index is 15.8. The fraction of sp³-hybridized carbons (Fsp3) is 0.413. The summed E-state index contributed by atoms with van der Waals surface area (Å²) in [6.07, 6.45) is -9.68. The predicted molar refractivity (Wildman–Crippen MR) is 245 cm³/mol. The number of anilines is 1. The molecule has 0 saturated carbocycles. The zero-order chi connectivity index (χ0) is 55.1. The van der Waals surface area contributed by atoms with Gasteiger partial charge in [-0.3, -0.25) is 19.0 Å². The van der Waals surface area contributed by atoms with Crippen LogP contribution in [0.3, 0.4) is 0 Å². The van der Waals surface area contributed by atoms with Crippen molar-refractivity contribution in [1.82, 2.24) is 29.9 Å². The van der Waals surface area contributed by atoms with E-state index in [9.17, 15) is 66.7 Å². The maximum Gasteiger partial charge on any atom is 0.435 e. The Hall–Kier alpha value is -6.42. The van der Waals surface area contributed by atoms with Gasteiger partial charge in [-0.1, -0.05) is 35.4 Å². The topological polar surface area (TPSA) is 196 Å². The zero-order valence-electron chi connectivity index (χ0n) is 39.3. The summed E-state index contributed by atoms with van der Waals surface area (Å²) >= 11 is 6.65. The second kappa shape index (κ2) is 19.1. The number of hydrogen-bond donors (Lipinski definition) is 2. The summed E-state index contributed by atoms with van der Waals surface area (Å²) in [5.74, 6) is -3.63. The number of amides is 1. The fourth-order valence-electron chi connectivity index (χ4n) is 7.91. The molecule has 396 valence electrons. The Bertz CT molecular complexity index is 3480. The molecule has 15 nitrogen and oxygen atoms in total. The van der Waals surface area contributed by atoms with Gasteiger partial charge in [-0.15, -0.1) is 0 Å². The second-order valence-corrected chi connectivity index (χ2v) is 23.4. The van der Waals surface area contributed by atoms with Gasteiger partial charge in [0.05, 0.1) is 51.9 Å². The first-order chi connectivity index (χ1) is 33.9. The highest BCUT2D eigenvalue weighted by Gasteiger charge is 2.62. The number of fused-ring (bicyclic) bond motifs is 4. The van der Waals surface area contributed by atoms with Crippen LogP contribution < -0.4 is 9.62 Å². The molecular weight excluding hydrogens is 1070 g/mol. The van der Waals surface area contributed by atoms with E-state index in [0.717, 1.165) is 42.7 Å². The lowest BCUT2D eigenvalue weighted by molar-refractivity contribution is -0.155. The number of carbonyl (C=O) groups is 2. The molecule has 0 aliphatic heterocycles. The molecular formula is C46H40ClF10N7O8S2. The van der Waals surface area contributed by atoms with Gasteiger partial charge >= 0.3 is 24.2 Å². The number of sulfone groups is 1. The van der Waals surface area contributed by atoms with E-state index in [1.54, 1.807) is 0 Å². The zero-order valence-corrected chi connectivity index (χ0v) is 41.7. The van der Waals surface area contributed by atoms with Crippen molar-refractivity contribution in [2.75, 3.05) is 30.2 Å². The van der Waals surface area contributed by atoms with Gasteiger partial charge in [0, 0.05) is 29.0 Å². The Labute approximate surface area is 420 Å². The predicted octanol–water partition coefficient (Wildman–Crippen LogP) is 7.19. The lowest BCUT2D eigenvalue weighted by Crippen LogP contribution is -2.38. The number of carbonyl (C=O) groups excluding carboxylic acids is 2. The van der Waals surface area contributed by atoms with E-state index in [4.69, 9.17) is 16.3 Å². The molecule has 2 aromatic carbocycles. The minimum absolute atomic E-state index is 0.132. The Balaban J connectivity index is 1.48. The molecule has 0 bridgehead atoms. The molecule has 0 radical (unpaired) electrons. The minimum Gasteiger partial charge on any atom is -0.443 e. The number of ether oxygens (including phenoxy) is 1. The quantitative estimate of drug-likeness (QED) is 0.0466. The molecule has 1 amide bonds. The molecule has 0 saturated heterocycles. The fourth-order valence-corrected chi connectivity index (χ4v) is 9.07. The number of halogens is 11. The second-order valence-electron chi connectivity index (χ2n) is 18.5. The monoisotopic (exact) mass is 1110 g/mol.